The summed E-state index contributed by atoms with van der Waals surface area (Å²) in [7, 11) is 0. The number of rotatable bonds is 11. The Kier molecular flexibility index (Phi) is 9.95. The molecule has 39 heavy (non-hydrogen) atoms. The number of benzene rings is 1. The van der Waals surface area contributed by atoms with E-state index in [1.807, 2.05) is 0 Å². The van der Waals surface area contributed by atoms with E-state index < -0.39 is 5.97 Å². The van der Waals surface area contributed by atoms with Crippen LogP contribution in [0.15, 0.2) is 28.8 Å². The van der Waals surface area contributed by atoms with E-state index in [-0.39, 0.29) is 41.6 Å². The van der Waals surface area contributed by atoms with Crippen LogP contribution in [0, 0.1) is 11.8 Å². The number of hydrogen-bond donors (Lipinski definition) is 3. The lowest BCUT2D eigenvalue weighted by Crippen LogP contribution is -2.38. The molecule has 0 radical (unpaired) electrons. The van der Waals surface area contributed by atoms with E-state index in [2.05, 4.69) is 34.6 Å². The van der Waals surface area contributed by atoms with Crippen molar-refractivity contribution in [3.8, 4) is 5.75 Å². The highest BCUT2D eigenvalue weighted by Gasteiger charge is 2.30. The Morgan fingerprint density at radius 3 is 2.26 bits per heavy atom. The van der Waals surface area contributed by atoms with Gasteiger partial charge in [-0.1, -0.05) is 19.0 Å². The molecule has 1 heterocycles. The van der Waals surface area contributed by atoms with Gasteiger partial charge in [0.15, 0.2) is 5.82 Å². The highest BCUT2D eigenvalue weighted by molar-refractivity contribution is 5.94. The van der Waals surface area contributed by atoms with Gasteiger partial charge in [0.25, 0.3) is 5.91 Å². The third-order valence-corrected chi connectivity index (χ3v) is 8.11. The zero-order valence-corrected chi connectivity index (χ0v) is 22.9. The predicted molar refractivity (Wildman–Crippen MR) is 143 cm³/mol. The van der Waals surface area contributed by atoms with Crippen molar-refractivity contribution in [2.75, 3.05) is 13.1 Å². The number of hydrogen-bond acceptors (Lipinski definition) is 7. The fourth-order valence-corrected chi connectivity index (χ4v) is 5.31. The number of carboxylic acid groups (broad SMARTS) is 1. The average molecular weight is 541 g/mol. The first-order chi connectivity index (χ1) is 18.8. The first-order valence-electron chi connectivity index (χ1n) is 14.2. The molecule has 0 spiro atoms. The molecule has 2 fully saturated rings. The van der Waals surface area contributed by atoms with Crippen LogP contribution < -0.4 is 15.4 Å². The third kappa shape index (κ3) is 7.80. The van der Waals surface area contributed by atoms with Gasteiger partial charge in [0.1, 0.15) is 5.75 Å². The molecule has 0 bridgehead atoms. The van der Waals surface area contributed by atoms with Gasteiger partial charge in [0.2, 0.25) is 11.8 Å². The lowest BCUT2D eigenvalue weighted by molar-refractivity contribution is -0.143. The first-order valence-corrected chi connectivity index (χ1v) is 14.2. The van der Waals surface area contributed by atoms with Gasteiger partial charge in [-0.15, -0.1) is 0 Å². The molecule has 2 saturated carbocycles. The maximum atomic E-state index is 12.6. The minimum Gasteiger partial charge on any atom is -0.490 e. The fourth-order valence-electron chi connectivity index (χ4n) is 5.31. The molecule has 10 nitrogen and oxygen atoms in total. The largest absolute Gasteiger partial charge is 0.490 e. The normalized spacial score (nSPS) is 23.9. The van der Waals surface area contributed by atoms with Crippen molar-refractivity contribution in [2.45, 2.75) is 89.6 Å². The van der Waals surface area contributed by atoms with Crippen molar-refractivity contribution in [1.82, 2.24) is 20.8 Å². The molecule has 0 saturated heterocycles. The molecule has 2 aliphatic rings. The fraction of sp³-hybridized carbons (Fsp3) is 0.621. The summed E-state index contributed by atoms with van der Waals surface area (Å²) in [6, 6.07) is 6.94. The summed E-state index contributed by atoms with van der Waals surface area (Å²) in [4.78, 5) is 40.8. The molecule has 10 heteroatoms. The predicted octanol–water partition coefficient (Wildman–Crippen LogP) is 4.43. The zero-order valence-electron chi connectivity index (χ0n) is 22.9. The molecule has 212 valence electrons. The quantitative estimate of drug-likeness (QED) is 0.355. The van der Waals surface area contributed by atoms with Crippen molar-refractivity contribution in [3.63, 3.8) is 0 Å². The molecule has 1 unspecified atom stereocenters. The van der Waals surface area contributed by atoms with Gasteiger partial charge in [-0.3, -0.25) is 14.4 Å². The van der Waals surface area contributed by atoms with Crippen molar-refractivity contribution < 1.29 is 28.8 Å². The maximum absolute atomic E-state index is 12.6. The Labute approximate surface area is 229 Å². The second-order valence-electron chi connectivity index (χ2n) is 10.8. The maximum Gasteiger partial charge on any atom is 0.306 e. The topological polar surface area (TPSA) is 144 Å². The Hall–Kier alpha value is -3.43. The minimum absolute atomic E-state index is 0.000204. The van der Waals surface area contributed by atoms with Crippen molar-refractivity contribution in [3.05, 3.63) is 41.5 Å². The van der Waals surface area contributed by atoms with Crippen LogP contribution in [0.2, 0.25) is 0 Å². The van der Waals surface area contributed by atoms with E-state index in [9.17, 15) is 14.4 Å². The molecule has 1 aromatic carbocycles. The molecule has 4 rings (SSSR count). The van der Waals surface area contributed by atoms with Crippen LogP contribution in [0.25, 0.3) is 0 Å². The zero-order chi connectivity index (χ0) is 27.8. The summed E-state index contributed by atoms with van der Waals surface area (Å²) in [5, 5.41) is 19.0. The molecule has 0 aliphatic heterocycles. The van der Waals surface area contributed by atoms with Gasteiger partial charge in [-0.2, -0.15) is 4.98 Å². The number of aromatic nitrogens is 2. The van der Waals surface area contributed by atoms with E-state index in [0.717, 1.165) is 37.9 Å². The molecule has 1 aromatic heterocycles. The first kappa shape index (κ1) is 28.6. The Morgan fingerprint density at radius 2 is 1.62 bits per heavy atom. The van der Waals surface area contributed by atoms with Gasteiger partial charge in [-0.05, 0) is 82.1 Å². The number of aliphatic carboxylic acids is 1. The SMILES string of the molecule is CCC(C)c1noc(C2CCC(C(=O)NCCNC(=O)c3ccc(OC4CCC(C(=O)O)CC4)cc3)CC2)n1. The Bertz CT molecular complexity index is 1100. The van der Waals surface area contributed by atoms with E-state index in [0.29, 0.717) is 56.0 Å². The van der Waals surface area contributed by atoms with Gasteiger partial charge in [0, 0.05) is 36.4 Å². The van der Waals surface area contributed by atoms with Gasteiger partial charge >= 0.3 is 5.97 Å². The number of amides is 2. The van der Waals surface area contributed by atoms with Crippen LogP contribution in [-0.4, -0.2) is 52.2 Å². The third-order valence-electron chi connectivity index (χ3n) is 8.11. The summed E-state index contributed by atoms with van der Waals surface area (Å²) >= 11 is 0. The van der Waals surface area contributed by atoms with Crippen LogP contribution in [0.3, 0.4) is 0 Å². The number of nitrogens with zero attached hydrogens (tertiary/aromatic N) is 2. The number of carbonyl (C=O) groups excluding carboxylic acids is 2. The van der Waals surface area contributed by atoms with E-state index >= 15 is 0 Å². The smallest absolute Gasteiger partial charge is 0.306 e. The van der Waals surface area contributed by atoms with Crippen LogP contribution in [0.4, 0.5) is 0 Å². The van der Waals surface area contributed by atoms with Crippen molar-refractivity contribution >= 4 is 17.8 Å². The van der Waals surface area contributed by atoms with E-state index in [4.69, 9.17) is 14.4 Å². The second-order valence-corrected chi connectivity index (χ2v) is 10.8. The Balaban J connectivity index is 1.12. The minimum atomic E-state index is -0.733. The molecule has 2 aliphatic carbocycles. The van der Waals surface area contributed by atoms with Crippen LogP contribution >= 0.6 is 0 Å². The number of carbonyl (C=O) groups is 3. The summed E-state index contributed by atoms with van der Waals surface area (Å²) in [6.07, 6.45) is 6.89. The average Bonchev–Trinajstić information content (AvgIpc) is 3.46. The highest BCUT2D eigenvalue weighted by Crippen LogP contribution is 2.35. The molecule has 1 atom stereocenters. The lowest BCUT2D eigenvalue weighted by atomic mass is 9.81. The van der Waals surface area contributed by atoms with Gasteiger partial charge in [-0.25, -0.2) is 0 Å². The van der Waals surface area contributed by atoms with Crippen molar-refractivity contribution in [1.29, 1.82) is 0 Å². The molecule has 3 N–H and O–H groups in total. The molecular weight excluding hydrogens is 500 g/mol. The van der Waals surface area contributed by atoms with Crippen LogP contribution in [-0.2, 0) is 9.59 Å². The molecule has 2 amide bonds. The molecule has 2 aromatic rings. The van der Waals surface area contributed by atoms with Gasteiger partial charge < -0.3 is 25.0 Å². The lowest BCUT2D eigenvalue weighted by Gasteiger charge is -2.26. The number of nitrogens with one attached hydrogen (secondary N) is 2. The van der Waals surface area contributed by atoms with Crippen molar-refractivity contribution in [2.24, 2.45) is 11.8 Å². The van der Waals surface area contributed by atoms with Crippen LogP contribution in [0.1, 0.15) is 106 Å². The van der Waals surface area contributed by atoms with Crippen LogP contribution in [0.5, 0.6) is 5.75 Å². The summed E-state index contributed by atoms with van der Waals surface area (Å²) in [6.45, 7) is 4.89. The molecular formula is C29H40N4O6. The number of carboxylic acids is 1. The van der Waals surface area contributed by atoms with Gasteiger partial charge in [0.05, 0.1) is 12.0 Å². The summed E-state index contributed by atoms with van der Waals surface area (Å²) < 4.78 is 11.4. The highest BCUT2D eigenvalue weighted by atomic mass is 16.5. The Morgan fingerprint density at radius 1 is 0.974 bits per heavy atom. The monoisotopic (exact) mass is 540 g/mol. The van der Waals surface area contributed by atoms with E-state index in [1.165, 1.54) is 0 Å². The standard InChI is InChI=1S/C29H40N4O6/c1-3-18(2)25-32-28(39-33-25)21-6-4-19(5-7-21)26(34)30-16-17-31-27(35)20-8-12-23(13-9-20)38-24-14-10-22(11-15-24)29(36)37/h8-9,12-13,18-19,21-22,24H,3-7,10-11,14-17H2,1-2H3,(H,30,34)(H,31,35)(H,36,37). The summed E-state index contributed by atoms with van der Waals surface area (Å²) in [5.41, 5.74) is 0.513. The summed E-state index contributed by atoms with van der Waals surface area (Å²) in [5.74, 6) is 1.36. The second kappa shape index (κ2) is 13.6. The van der Waals surface area contributed by atoms with E-state index in [1.54, 1.807) is 24.3 Å². The number of ether oxygens (including phenoxy) is 1.